The van der Waals surface area contributed by atoms with Gasteiger partial charge in [0.15, 0.2) is 6.29 Å². The Balaban J connectivity index is 2.23. The number of aryl methyl sites for hydroxylation is 1. The van der Waals surface area contributed by atoms with E-state index in [4.69, 9.17) is 11.6 Å². The fraction of sp³-hybridized carbons (Fsp3) is 0.214. The minimum absolute atomic E-state index is 0.322. The summed E-state index contributed by atoms with van der Waals surface area (Å²) in [6.45, 7) is 2.24. The second-order valence-electron chi connectivity index (χ2n) is 4.29. The molecule has 1 heterocycles. The number of halogens is 1. The van der Waals surface area contributed by atoms with Crippen molar-refractivity contribution in [2.24, 2.45) is 0 Å². The minimum Gasteiger partial charge on any atom is -0.465 e. The van der Waals surface area contributed by atoms with Gasteiger partial charge in [0, 0.05) is 6.20 Å². The summed E-state index contributed by atoms with van der Waals surface area (Å²) in [5, 5.41) is 4.56. The zero-order valence-electron chi connectivity index (χ0n) is 11.1. The lowest BCUT2D eigenvalue weighted by atomic mass is 10.1. The van der Waals surface area contributed by atoms with Crippen LogP contribution in [0.3, 0.4) is 0 Å². The van der Waals surface area contributed by atoms with Gasteiger partial charge in [-0.25, -0.2) is 4.79 Å². The Hall–Kier alpha value is -2.14. The van der Waals surface area contributed by atoms with Crippen LogP contribution in [0.5, 0.6) is 0 Å². The Kier molecular flexibility index (Phi) is 4.20. The van der Waals surface area contributed by atoms with Gasteiger partial charge in [0.05, 0.1) is 35.5 Å². The van der Waals surface area contributed by atoms with Crippen molar-refractivity contribution < 1.29 is 14.3 Å². The maximum atomic E-state index is 11.4. The third-order valence-electron chi connectivity index (χ3n) is 2.89. The summed E-state index contributed by atoms with van der Waals surface area (Å²) >= 11 is 6.05. The normalized spacial score (nSPS) is 10.3. The van der Waals surface area contributed by atoms with E-state index in [-0.39, 0.29) is 0 Å². The highest BCUT2D eigenvalue weighted by Gasteiger charge is 2.11. The molecule has 20 heavy (non-hydrogen) atoms. The van der Waals surface area contributed by atoms with Crippen molar-refractivity contribution in [3.8, 4) is 0 Å². The van der Waals surface area contributed by atoms with E-state index < -0.39 is 5.97 Å². The van der Waals surface area contributed by atoms with E-state index in [2.05, 4.69) is 9.84 Å². The summed E-state index contributed by atoms with van der Waals surface area (Å²) < 4.78 is 6.28. The van der Waals surface area contributed by atoms with E-state index in [1.54, 1.807) is 36.0 Å². The third kappa shape index (κ3) is 2.88. The van der Waals surface area contributed by atoms with Crippen molar-refractivity contribution in [1.29, 1.82) is 0 Å². The molecule has 1 aromatic heterocycles. The van der Waals surface area contributed by atoms with Crippen molar-refractivity contribution in [3.63, 3.8) is 0 Å². The average molecular weight is 293 g/mol. The highest BCUT2D eigenvalue weighted by atomic mass is 35.5. The number of benzene rings is 1. The van der Waals surface area contributed by atoms with Crippen LogP contribution < -0.4 is 0 Å². The van der Waals surface area contributed by atoms with E-state index in [1.807, 2.05) is 0 Å². The molecule has 0 amide bonds. The van der Waals surface area contributed by atoms with Crippen molar-refractivity contribution in [2.75, 3.05) is 7.11 Å². The number of aromatic nitrogens is 2. The molecular formula is C14H13ClN2O3. The summed E-state index contributed by atoms with van der Waals surface area (Å²) in [7, 11) is 1.31. The second-order valence-corrected chi connectivity index (χ2v) is 4.70. The number of nitrogens with zero attached hydrogens (tertiary/aromatic N) is 2. The topological polar surface area (TPSA) is 61.2 Å². The quantitative estimate of drug-likeness (QED) is 0.641. The molecule has 6 heteroatoms. The van der Waals surface area contributed by atoms with Crippen molar-refractivity contribution in [2.45, 2.75) is 13.5 Å². The molecule has 2 aromatic rings. The van der Waals surface area contributed by atoms with Gasteiger partial charge in [-0.2, -0.15) is 5.10 Å². The lowest BCUT2D eigenvalue weighted by Gasteiger charge is -2.06. The summed E-state index contributed by atoms with van der Waals surface area (Å²) in [4.78, 5) is 22.2. The lowest BCUT2D eigenvalue weighted by molar-refractivity contribution is 0.0601. The number of esters is 1. The number of hydrogen-bond acceptors (Lipinski definition) is 4. The molecule has 5 nitrogen and oxygen atoms in total. The minimum atomic E-state index is -0.472. The molecule has 0 unspecified atom stereocenters. The van der Waals surface area contributed by atoms with E-state index in [1.165, 1.54) is 7.11 Å². The van der Waals surface area contributed by atoms with Crippen LogP contribution in [0.4, 0.5) is 0 Å². The maximum Gasteiger partial charge on any atom is 0.339 e. The molecule has 0 N–H and O–H groups in total. The van der Waals surface area contributed by atoms with E-state index in [0.717, 1.165) is 11.8 Å². The Morgan fingerprint density at radius 3 is 2.80 bits per heavy atom. The molecule has 0 saturated carbocycles. The molecule has 0 aliphatic carbocycles. The molecule has 0 spiro atoms. The van der Waals surface area contributed by atoms with E-state index in [9.17, 15) is 9.59 Å². The fourth-order valence-corrected chi connectivity index (χ4v) is 2.13. The largest absolute Gasteiger partial charge is 0.465 e. The molecule has 0 aliphatic heterocycles. The zero-order chi connectivity index (χ0) is 14.7. The standard InChI is InChI=1S/C14H13ClN2O3/c1-9-11(8-18)7-17(16-9)6-10-3-4-12(13(15)5-10)14(19)20-2/h3-5,7-8H,6H2,1-2H3. The first-order valence-electron chi connectivity index (χ1n) is 5.91. The SMILES string of the molecule is COC(=O)c1ccc(Cn2cc(C=O)c(C)n2)cc1Cl. The fourth-order valence-electron chi connectivity index (χ4n) is 1.85. The zero-order valence-corrected chi connectivity index (χ0v) is 11.8. The predicted molar refractivity (Wildman–Crippen MR) is 74.2 cm³/mol. The number of ether oxygens (including phenoxy) is 1. The summed E-state index contributed by atoms with van der Waals surface area (Å²) in [6.07, 6.45) is 2.44. The Morgan fingerprint density at radius 2 is 2.25 bits per heavy atom. The van der Waals surface area contributed by atoms with Gasteiger partial charge in [-0.15, -0.1) is 0 Å². The van der Waals surface area contributed by atoms with E-state index in [0.29, 0.717) is 28.4 Å². The highest BCUT2D eigenvalue weighted by Crippen LogP contribution is 2.19. The van der Waals surface area contributed by atoms with E-state index >= 15 is 0 Å². The van der Waals surface area contributed by atoms with Crippen LogP contribution in [-0.4, -0.2) is 29.1 Å². The van der Waals surface area contributed by atoms with Crippen molar-refractivity contribution in [1.82, 2.24) is 9.78 Å². The van der Waals surface area contributed by atoms with Crippen LogP contribution in [0.1, 0.15) is 32.0 Å². The molecule has 0 atom stereocenters. The number of hydrogen-bond donors (Lipinski definition) is 0. The first-order valence-corrected chi connectivity index (χ1v) is 6.29. The Labute approximate surface area is 121 Å². The van der Waals surface area contributed by atoms with Gasteiger partial charge in [0.1, 0.15) is 0 Å². The molecule has 0 saturated heterocycles. The van der Waals surface area contributed by atoms with Crippen LogP contribution in [-0.2, 0) is 11.3 Å². The number of carbonyl (C=O) groups excluding carboxylic acids is 2. The van der Waals surface area contributed by atoms with Crippen molar-refractivity contribution >= 4 is 23.9 Å². The number of rotatable bonds is 4. The van der Waals surface area contributed by atoms with Crippen LogP contribution in [0.15, 0.2) is 24.4 Å². The molecule has 0 radical (unpaired) electrons. The number of aldehydes is 1. The van der Waals surface area contributed by atoms with Gasteiger partial charge < -0.3 is 4.74 Å². The third-order valence-corrected chi connectivity index (χ3v) is 3.21. The number of methoxy groups -OCH3 is 1. The molecule has 0 aliphatic rings. The first-order chi connectivity index (χ1) is 9.55. The average Bonchev–Trinajstić information content (AvgIpc) is 2.78. The van der Waals surface area contributed by atoms with Crippen LogP contribution in [0.25, 0.3) is 0 Å². The van der Waals surface area contributed by atoms with Crippen LogP contribution >= 0.6 is 11.6 Å². The van der Waals surface area contributed by atoms with Gasteiger partial charge in [-0.3, -0.25) is 9.48 Å². The van der Waals surface area contributed by atoms with Gasteiger partial charge in [-0.05, 0) is 24.6 Å². The van der Waals surface area contributed by atoms with Crippen LogP contribution in [0.2, 0.25) is 5.02 Å². The van der Waals surface area contributed by atoms with Gasteiger partial charge in [-0.1, -0.05) is 17.7 Å². The summed E-state index contributed by atoms with van der Waals surface area (Å²) in [6, 6.07) is 5.07. The Morgan fingerprint density at radius 1 is 1.50 bits per heavy atom. The second kappa shape index (κ2) is 5.88. The lowest BCUT2D eigenvalue weighted by Crippen LogP contribution is -2.04. The molecular weight excluding hydrogens is 280 g/mol. The van der Waals surface area contributed by atoms with Gasteiger partial charge in [0.2, 0.25) is 0 Å². The molecule has 1 aromatic carbocycles. The summed E-state index contributed by atoms with van der Waals surface area (Å²) in [5.41, 5.74) is 2.44. The monoisotopic (exact) mass is 292 g/mol. The Bertz CT molecular complexity index is 664. The van der Waals surface area contributed by atoms with Gasteiger partial charge >= 0.3 is 5.97 Å². The first kappa shape index (κ1) is 14.3. The highest BCUT2D eigenvalue weighted by molar-refractivity contribution is 6.33. The van der Waals surface area contributed by atoms with Gasteiger partial charge in [0.25, 0.3) is 0 Å². The molecule has 0 fully saturated rings. The molecule has 104 valence electrons. The van der Waals surface area contributed by atoms with Crippen molar-refractivity contribution in [3.05, 3.63) is 51.8 Å². The van der Waals surface area contributed by atoms with Crippen LogP contribution in [0, 0.1) is 6.92 Å². The predicted octanol–water partition coefficient (Wildman–Crippen LogP) is 2.49. The maximum absolute atomic E-state index is 11.4. The molecule has 2 rings (SSSR count). The smallest absolute Gasteiger partial charge is 0.339 e. The number of carbonyl (C=O) groups is 2. The summed E-state index contributed by atoms with van der Waals surface area (Å²) in [5.74, 6) is -0.472. The molecule has 0 bridgehead atoms.